The molecule has 32 heavy (non-hydrogen) atoms. The summed E-state index contributed by atoms with van der Waals surface area (Å²) < 4.78 is 20.9. The summed E-state index contributed by atoms with van der Waals surface area (Å²) in [5.74, 6) is 1.61. The number of rotatable bonds is 9. The molecule has 0 N–H and O–H groups in total. The monoisotopic (exact) mass is 498 g/mol. The molecule has 2 aromatic carbocycles. The standard InChI is InChI=1S/C23H25Cl2FN4O.ClH/c1-3-12-29(21(14-31-2)15-6-9-18(26)10-7-15)23-27-22(16-4-5-16)30(28-23)20-11-8-17(24)13-19(20)25;/h6-11,13,16,21H,3-5,12,14H2,1-2H3;1H/t21-;/m0./s1. The number of benzene rings is 2. The fraction of sp³-hybridized carbons (Fsp3) is 0.391. The van der Waals surface area contributed by atoms with Crippen molar-refractivity contribution in [2.75, 3.05) is 25.2 Å². The third kappa shape index (κ3) is 5.37. The van der Waals surface area contributed by atoms with Gasteiger partial charge in [0.2, 0.25) is 5.95 Å². The molecule has 1 saturated carbocycles. The summed E-state index contributed by atoms with van der Waals surface area (Å²) in [6, 6.07) is 11.8. The summed E-state index contributed by atoms with van der Waals surface area (Å²) in [6.45, 7) is 3.27. The Hall–Kier alpha value is -1.86. The van der Waals surface area contributed by atoms with Crippen molar-refractivity contribution in [2.45, 2.75) is 38.1 Å². The second-order valence-corrected chi connectivity index (χ2v) is 8.61. The zero-order valence-corrected chi connectivity index (χ0v) is 20.3. The molecule has 0 spiro atoms. The van der Waals surface area contributed by atoms with E-state index in [0.29, 0.717) is 28.5 Å². The van der Waals surface area contributed by atoms with Gasteiger partial charge in [-0.2, -0.15) is 4.98 Å². The minimum Gasteiger partial charge on any atom is -0.382 e. The van der Waals surface area contributed by atoms with Gasteiger partial charge in [-0.15, -0.1) is 17.5 Å². The molecule has 3 aromatic rings. The largest absolute Gasteiger partial charge is 0.382 e. The maximum absolute atomic E-state index is 13.5. The fourth-order valence-electron chi connectivity index (χ4n) is 3.72. The Morgan fingerprint density at radius 1 is 1.19 bits per heavy atom. The maximum atomic E-state index is 13.5. The zero-order chi connectivity index (χ0) is 22.0. The van der Waals surface area contributed by atoms with Gasteiger partial charge in [0.15, 0.2) is 0 Å². The van der Waals surface area contributed by atoms with Gasteiger partial charge in [-0.05, 0) is 55.2 Å². The van der Waals surface area contributed by atoms with Crippen molar-refractivity contribution in [1.29, 1.82) is 0 Å². The van der Waals surface area contributed by atoms with Crippen LogP contribution in [0.25, 0.3) is 5.69 Å². The molecular weight excluding hydrogens is 474 g/mol. The molecule has 4 rings (SSSR count). The Morgan fingerprint density at radius 2 is 1.91 bits per heavy atom. The van der Waals surface area contributed by atoms with E-state index in [1.54, 1.807) is 31.4 Å². The molecule has 0 bridgehead atoms. The predicted octanol–water partition coefficient (Wildman–Crippen LogP) is 6.62. The van der Waals surface area contributed by atoms with Crippen LogP contribution < -0.4 is 4.90 Å². The summed E-state index contributed by atoms with van der Waals surface area (Å²) in [6.07, 6.45) is 3.06. The van der Waals surface area contributed by atoms with Gasteiger partial charge in [-0.25, -0.2) is 9.07 Å². The van der Waals surface area contributed by atoms with Crippen molar-refractivity contribution in [1.82, 2.24) is 14.8 Å². The first kappa shape index (κ1) is 24.8. The molecule has 0 saturated heterocycles. The second-order valence-electron chi connectivity index (χ2n) is 7.77. The lowest BCUT2D eigenvalue weighted by molar-refractivity contribution is 0.176. The lowest BCUT2D eigenvalue weighted by Crippen LogP contribution is -2.33. The van der Waals surface area contributed by atoms with Gasteiger partial charge in [-0.3, -0.25) is 0 Å². The van der Waals surface area contributed by atoms with E-state index in [9.17, 15) is 4.39 Å². The van der Waals surface area contributed by atoms with Gasteiger partial charge < -0.3 is 9.64 Å². The predicted molar refractivity (Wildman–Crippen MR) is 129 cm³/mol. The Labute approximate surface area is 203 Å². The number of hydrogen-bond donors (Lipinski definition) is 0. The highest BCUT2D eigenvalue weighted by atomic mass is 35.5. The van der Waals surface area contributed by atoms with E-state index in [-0.39, 0.29) is 24.3 Å². The lowest BCUT2D eigenvalue weighted by Gasteiger charge is -2.30. The molecule has 1 atom stereocenters. The normalized spacial score (nSPS) is 14.2. The zero-order valence-electron chi connectivity index (χ0n) is 18.0. The second kappa shape index (κ2) is 10.8. The van der Waals surface area contributed by atoms with Crippen molar-refractivity contribution in [3.63, 3.8) is 0 Å². The molecule has 0 aliphatic heterocycles. The van der Waals surface area contributed by atoms with Crippen LogP contribution in [0.4, 0.5) is 10.3 Å². The van der Waals surface area contributed by atoms with Crippen LogP contribution in [0.5, 0.6) is 0 Å². The van der Waals surface area contributed by atoms with E-state index in [2.05, 4.69) is 11.8 Å². The van der Waals surface area contributed by atoms with Crippen LogP contribution in [0, 0.1) is 5.82 Å². The van der Waals surface area contributed by atoms with E-state index < -0.39 is 0 Å². The molecule has 1 fully saturated rings. The number of hydrogen-bond acceptors (Lipinski definition) is 4. The third-order valence-electron chi connectivity index (χ3n) is 5.38. The maximum Gasteiger partial charge on any atom is 0.246 e. The van der Waals surface area contributed by atoms with Gasteiger partial charge >= 0.3 is 0 Å². The smallest absolute Gasteiger partial charge is 0.246 e. The Balaban J connectivity index is 0.00000289. The topological polar surface area (TPSA) is 43.2 Å². The summed E-state index contributed by atoms with van der Waals surface area (Å²) in [5.41, 5.74) is 1.71. The van der Waals surface area contributed by atoms with Crippen molar-refractivity contribution < 1.29 is 9.13 Å². The van der Waals surface area contributed by atoms with Crippen molar-refractivity contribution in [2.24, 2.45) is 0 Å². The molecule has 1 heterocycles. The Bertz CT molecular complexity index is 1040. The van der Waals surface area contributed by atoms with Gasteiger partial charge in [0.05, 0.1) is 23.4 Å². The molecular formula is C23H26Cl3FN4O. The Morgan fingerprint density at radius 3 is 2.50 bits per heavy atom. The molecule has 0 amide bonds. The average Bonchev–Trinajstić information content (AvgIpc) is 3.51. The summed E-state index contributed by atoms with van der Waals surface area (Å²) in [4.78, 5) is 7.06. The number of anilines is 1. The van der Waals surface area contributed by atoms with Crippen LogP contribution in [0.2, 0.25) is 10.0 Å². The lowest BCUT2D eigenvalue weighted by atomic mass is 10.1. The van der Waals surface area contributed by atoms with Crippen LogP contribution in [-0.2, 0) is 4.74 Å². The van der Waals surface area contributed by atoms with Gasteiger partial charge in [-0.1, -0.05) is 42.3 Å². The molecule has 0 radical (unpaired) electrons. The van der Waals surface area contributed by atoms with Crippen molar-refractivity contribution >= 4 is 41.6 Å². The number of halogens is 4. The molecule has 5 nitrogen and oxygen atoms in total. The van der Waals surface area contributed by atoms with Crippen LogP contribution in [0.3, 0.4) is 0 Å². The van der Waals surface area contributed by atoms with E-state index in [1.807, 2.05) is 10.7 Å². The van der Waals surface area contributed by atoms with Gasteiger partial charge in [0.25, 0.3) is 0 Å². The van der Waals surface area contributed by atoms with Crippen LogP contribution in [-0.4, -0.2) is 35.0 Å². The highest BCUT2D eigenvalue weighted by molar-refractivity contribution is 6.35. The van der Waals surface area contributed by atoms with E-state index in [1.165, 1.54) is 12.1 Å². The highest BCUT2D eigenvalue weighted by Crippen LogP contribution is 2.42. The quantitative estimate of drug-likeness (QED) is 0.332. The van der Waals surface area contributed by atoms with Gasteiger partial charge in [0.1, 0.15) is 11.6 Å². The van der Waals surface area contributed by atoms with Crippen LogP contribution >= 0.6 is 35.6 Å². The number of ether oxygens (including phenoxy) is 1. The Kier molecular flexibility index (Phi) is 8.39. The molecule has 1 aliphatic rings. The summed E-state index contributed by atoms with van der Waals surface area (Å²) in [7, 11) is 1.66. The molecule has 9 heteroatoms. The third-order valence-corrected chi connectivity index (χ3v) is 5.92. The molecule has 1 aliphatic carbocycles. The van der Waals surface area contributed by atoms with E-state index >= 15 is 0 Å². The number of aromatic nitrogens is 3. The van der Waals surface area contributed by atoms with Crippen LogP contribution in [0.15, 0.2) is 42.5 Å². The SMILES string of the molecule is CCCN(c1nc(C2CC2)n(-c2ccc(Cl)cc2Cl)n1)[C@@H](COC)c1ccc(F)cc1.Cl. The molecule has 172 valence electrons. The van der Waals surface area contributed by atoms with Gasteiger partial charge in [0, 0.05) is 24.6 Å². The summed E-state index contributed by atoms with van der Waals surface area (Å²) >= 11 is 12.6. The van der Waals surface area contributed by atoms with Crippen molar-refractivity contribution in [3.8, 4) is 5.69 Å². The minimum atomic E-state index is -0.266. The first-order valence-electron chi connectivity index (χ1n) is 10.4. The highest BCUT2D eigenvalue weighted by Gasteiger charge is 2.33. The minimum absolute atomic E-state index is 0. The van der Waals surface area contributed by atoms with E-state index in [0.717, 1.165) is 42.9 Å². The average molecular weight is 500 g/mol. The molecule has 1 aromatic heterocycles. The number of methoxy groups -OCH3 is 1. The first-order chi connectivity index (χ1) is 15.0. The van der Waals surface area contributed by atoms with E-state index in [4.69, 9.17) is 38.0 Å². The fourth-order valence-corrected chi connectivity index (χ4v) is 4.20. The van der Waals surface area contributed by atoms with Crippen molar-refractivity contribution in [3.05, 3.63) is 69.7 Å². The molecule has 0 unspecified atom stereocenters. The number of nitrogens with zero attached hydrogens (tertiary/aromatic N) is 4. The van der Waals surface area contributed by atoms with Crippen LogP contribution in [0.1, 0.15) is 49.5 Å². The first-order valence-corrected chi connectivity index (χ1v) is 11.2. The summed E-state index contributed by atoms with van der Waals surface area (Å²) in [5, 5.41) is 5.97.